The summed E-state index contributed by atoms with van der Waals surface area (Å²) in [6.45, 7) is 1.35. The van der Waals surface area contributed by atoms with Crippen LogP contribution in [0.5, 0.6) is 0 Å². The molecule has 0 aliphatic rings. The number of rotatable bonds is 3. The van der Waals surface area contributed by atoms with Gasteiger partial charge in [0.25, 0.3) is 0 Å². The monoisotopic (exact) mass is 143 g/mol. The van der Waals surface area contributed by atoms with Gasteiger partial charge in [0.05, 0.1) is 0 Å². The zero-order chi connectivity index (χ0) is 7.98. The van der Waals surface area contributed by atoms with Crippen LogP contribution in [-0.4, -0.2) is 23.5 Å². The molecule has 0 atom stereocenters. The van der Waals surface area contributed by atoms with E-state index in [-0.39, 0.29) is 12.5 Å². The summed E-state index contributed by atoms with van der Waals surface area (Å²) in [5.74, 6) is -1.43. The summed E-state index contributed by atoms with van der Waals surface area (Å²) in [5, 5.41) is 10.2. The highest BCUT2D eigenvalue weighted by molar-refractivity contribution is 5.89. The van der Waals surface area contributed by atoms with Gasteiger partial charge in [0.1, 0.15) is 6.54 Å². The lowest BCUT2D eigenvalue weighted by Gasteiger charge is -1.94. The summed E-state index contributed by atoms with van der Waals surface area (Å²) in [5.41, 5.74) is 0. The molecule has 0 bridgehead atoms. The van der Waals surface area contributed by atoms with Gasteiger partial charge >= 0.3 is 5.97 Å². The van der Waals surface area contributed by atoms with Crippen molar-refractivity contribution in [2.45, 2.75) is 6.92 Å². The molecule has 0 heterocycles. The standard InChI is InChI=1S/C6H9NO3/c1-2-3-5(8)7-4-6(9)10/h2-3H,4H2,1H3,(H,7,8)(H,9,10)/b3-2+. The maximum atomic E-state index is 10.5. The molecule has 0 aromatic rings. The molecule has 4 heteroatoms. The van der Waals surface area contributed by atoms with Gasteiger partial charge in [-0.05, 0) is 13.0 Å². The maximum absolute atomic E-state index is 10.5. The van der Waals surface area contributed by atoms with Crippen LogP contribution in [-0.2, 0) is 9.59 Å². The molecule has 2 N–H and O–H groups in total. The smallest absolute Gasteiger partial charge is 0.322 e. The van der Waals surface area contributed by atoms with E-state index in [1.165, 1.54) is 12.2 Å². The minimum absolute atomic E-state index is 0.330. The summed E-state index contributed by atoms with van der Waals surface area (Å²) in [6, 6.07) is 0. The number of aliphatic carboxylic acids is 1. The van der Waals surface area contributed by atoms with Gasteiger partial charge in [0.15, 0.2) is 0 Å². The first kappa shape index (κ1) is 8.68. The Morgan fingerprint density at radius 1 is 1.60 bits per heavy atom. The number of hydrogen-bond donors (Lipinski definition) is 2. The third kappa shape index (κ3) is 4.83. The first-order valence-electron chi connectivity index (χ1n) is 2.79. The molecule has 56 valence electrons. The van der Waals surface area contributed by atoms with Gasteiger partial charge in [-0.25, -0.2) is 0 Å². The number of carboxylic acids is 1. The van der Waals surface area contributed by atoms with E-state index in [0.29, 0.717) is 0 Å². The van der Waals surface area contributed by atoms with Crippen LogP contribution in [0.4, 0.5) is 0 Å². The lowest BCUT2D eigenvalue weighted by atomic mass is 10.5. The predicted octanol–water partition coefficient (Wildman–Crippen LogP) is -0.237. The zero-order valence-corrected chi connectivity index (χ0v) is 5.63. The van der Waals surface area contributed by atoms with E-state index in [2.05, 4.69) is 5.32 Å². The van der Waals surface area contributed by atoms with Crippen LogP contribution < -0.4 is 5.32 Å². The second-order valence-corrected chi connectivity index (χ2v) is 1.61. The molecule has 0 saturated carbocycles. The molecule has 0 radical (unpaired) electrons. The van der Waals surface area contributed by atoms with E-state index in [9.17, 15) is 9.59 Å². The summed E-state index contributed by atoms with van der Waals surface area (Å²) in [6.07, 6.45) is 2.81. The van der Waals surface area contributed by atoms with Crippen molar-refractivity contribution in [3.05, 3.63) is 12.2 Å². The third-order valence-corrected chi connectivity index (χ3v) is 0.732. The predicted molar refractivity (Wildman–Crippen MR) is 35.5 cm³/mol. The third-order valence-electron chi connectivity index (χ3n) is 0.732. The Bertz CT molecular complexity index is 162. The average molecular weight is 143 g/mol. The van der Waals surface area contributed by atoms with Crippen LogP contribution in [0.3, 0.4) is 0 Å². The summed E-state index contributed by atoms with van der Waals surface area (Å²) >= 11 is 0. The quantitative estimate of drug-likeness (QED) is 0.536. The number of nitrogens with one attached hydrogen (secondary N) is 1. The Morgan fingerprint density at radius 3 is 2.60 bits per heavy atom. The summed E-state index contributed by atoms with van der Waals surface area (Å²) in [7, 11) is 0. The van der Waals surface area contributed by atoms with Crippen molar-refractivity contribution in [3.8, 4) is 0 Å². The fraction of sp³-hybridized carbons (Fsp3) is 0.333. The van der Waals surface area contributed by atoms with E-state index in [1.807, 2.05) is 0 Å². The van der Waals surface area contributed by atoms with Gasteiger partial charge in [-0.15, -0.1) is 0 Å². The summed E-state index contributed by atoms with van der Waals surface area (Å²) in [4.78, 5) is 20.4. The second-order valence-electron chi connectivity index (χ2n) is 1.61. The highest BCUT2D eigenvalue weighted by atomic mass is 16.4. The fourth-order valence-electron chi connectivity index (χ4n) is 0.373. The van der Waals surface area contributed by atoms with Crippen LogP contribution >= 0.6 is 0 Å². The Labute approximate surface area is 58.5 Å². The van der Waals surface area contributed by atoms with Gasteiger partial charge in [0.2, 0.25) is 5.91 Å². The number of carboxylic acid groups (broad SMARTS) is 1. The maximum Gasteiger partial charge on any atom is 0.322 e. The number of carbonyl (C=O) groups is 2. The number of hydrogen-bond acceptors (Lipinski definition) is 2. The van der Waals surface area contributed by atoms with Crippen LogP contribution in [0, 0.1) is 0 Å². The first-order chi connectivity index (χ1) is 4.66. The van der Waals surface area contributed by atoms with Gasteiger partial charge in [-0.2, -0.15) is 0 Å². The van der Waals surface area contributed by atoms with Crippen LogP contribution in [0.15, 0.2) is 12.2 Å². The van der Waals surface area contributed by atoms with E-state index in [4.69, 9.17) is 5.11 Å². The van der Waals surface area contributed by atoms with Crippen molar-refractivity contribution in [2.24, 2.45) is 0 Å². The van der Waals surface area contributed by atoms with Crippen molar-refractivity contribution in [3.63, 3.8) is 0 Å². The van der Waals surface area contributed by atoms with Crippen LogP contribution in [0.25, 0.3) is 0 Å². The van der Waals surface area contributed by atoms with Gasteiger partial charge < -0.3 is 10.4 Å². The van der Waals surface area contributed by atoms with Crippen LogP contribution in [0.2, 0.25) is 0 Å². The molecule has 4 nitrogen and oxygen atoms in total. The Balaban J connectivity index is 3.50. The highest BCUT2D eigenvalue weighted by Crippen LogP contribution is 1.70. The average Bonchev–Trinajstić information content (AvgIpc) is 1.85. The number of carbonyl (C=O) groups excluding carboxylic acids is 1. The molecule has 0 aliphatic carbocycles. The van der Waals surface area contributed by atoms with E-state index in [0.717, 1.165) is 0 Å². The molecule has 0 unspecified atom stereocenters. The molecule has 0 spiro atoms. The van der Waals surface area contributed by atoms with E-state index in [1.54, 1.807) is 6.92 Å². The van der Waals surface area contributed by atoms with Crippen molar-refractivity contribution in [1.82, 2.24) is 5.32 Å². The molecule has 0 saturated heterocycles. The second kappa shape index (κ2) is 4.55. The van der Waals surface area contributed by atoms with E-state index >= 15 is 0 Å². The number of amides is 1. The molecule has 0 rings (SSSR count). The lowest BCUT2D eigenvalue weighted by molar-refractivity contribution is -0.137. The number of allylic oxidation sites excluding steroid dienone is 1. The first-order valence-corrected chi connectivity index (χ1v) is 2.79. The molecular weight excluding hydrogens is 134 g/mol. The molecule has 0 aromatic carbocycles. The van der Waals surface area contributed by atoms with Gasteiger partial charge in [0, 0.05) is 0 Å². The van der Waals surface area contributed by atoms with Crippen molar-refractivity contribution >= 4 is 11.9 Å². The van der Waals surface area contributed by atoms with Crippen molar-refractivity contribution in [2.75, 3.05) is 6.54 Å². The van der Waals surface area contributed by atoms with E-state index < -0.39 is 5.97 Å². The minimum atomic E-state index is -1.04. The summed E-state index contributed by atoms with van der Waals surface area (Å²) < 4.78 is 0. The van der Waals surface area contributed by atoms with Crippen LogP contribution in [0.1, 0.15) is 6.92 Å². The largest absolute Gasteiger partial charge is 0.480 e. The molecule has 0 aromatic heterocycles. The Morgan fingerprint density at radius 2 is 2.20 bits per heavy atom. The molecule has 1 amide bonds. The van der Waals surface area contributed by atoms with Crippen molar-refractivity contribution in [1.29, 1.82) is 0 Å². The van der Waals surface area contributed by atoms with Crippen molar-refractivity contribution < 1.29 is 14.7 Å². The van der Waals surface area contributed by atoms with Gasteiger partial charge in [-0.3, -0.25) is 9.59 Å². The molecule has 10 heavy (non-hydrogen) atoms. The normalized spacial score (nSPS) is 9.70. The fourth-order valence-corrected chi connectivity index (χ4v) is 0.373. The lowest BCUT2D eigenvalue weighted by Crippen LogP contribution is -2.27. The molecule has 0 fully saturated rings. The SMILES string of the molecule is C/C=C/C(=O)NCC(=O)O. The van der Waals surface area contributed by atoms with Gasteiger partial charge in [-0.1, -0.05) is 6.08 Å². The topological polar surface area (TPSA) is 66.4 Å². The molecular formula is C6H9NO3. The zero-order valence-electron chi connectivity index (χ0n) is 5.63. The molecule has 0 aliphatic heterocycles. The highest BCUT2D eigenvalue weighted by Gasteiger charge is 1.97. The Kier molecular flexibility index (Phi) is 3.95. The minimum Gasteiger partial charge on any atom is -0.480 e. The Hall–Kier alpha value is -1.32.